The first-order valence-electron chi connectivity index (χ1n) is 7.13. The topological polar surface area (TPSA) is 58.4 Å². The van der Waals surface area contributed by atoms with E-state index in [0.29, 0.717) is 13.1 Å². The lowest BCUT2D eigenvalue weighted by Crippen LogP contribution is -2.40. The van der Waals surface area contributed by atoms with Gasteiger partial charge in [-0.2, -0.15) is 0 Å². The highest BCUT2D eigenvalue weighted by Crippen LogP contribution is 2.14. The molecule has 3 N–H and O–H groups in total. The van der Waals surface area contributed by atoms with E-state index in [4.69, 9.17) is 5.73 Å². The first-order valence-corrected chi connectivity index (χ1v) is 7.13. The molecule has 120 valence electrons. The Morgan fingerprint density at radius 3 is 2.33 bits per heavy atom. The third-order valence-corrected chi connectivity index (χ3v) is 3.31. The normalized spacial score (nSPS) is 11.1. The smallest absolute Gasteiger partial charge is 0.238 e. The molecule has 1 aromatic rings. The number of halogens is 1. The largest absolute Gasteiger partial charge is 0.330 e. The number of aryl methyl sites for hydroxylation is 1. The highest BCUT2D eigenvalue weighted by Gasteiger charge is 2.19. The summed E-state index contributed by atoms with van der Waals surface area (Å²) in [5.41, 5.74) is 7.85. The Kier molecular flexibility index (Phi) is 8.55. The molecule has 0 aliphatic carbocycles. The number of carbonyl (C=O) groups is 1. The number of anilines is 1. The lowest BCUT2D eigenvalue weighted by atomic mass is 9.93. The zero-order valence-corrected chi connectivity index (χ0v) is 14.3. The van der Waals surface area contributed by atoms with E-state index < -0.39 is 0 Å². The molecule has 1 rings (SSSR count). The monoisotopic (exact) mass is 313 g/mol. The van der Waals surface area contributed by atoms with E-state index in [2.05, 4.69) is 26.1 Å². The first kappa shape index (κ1) is 19.9. The highest BCUT2D eigenvalue weighted by molar-refractivity contribution is 5.92. The van der Waals surface area contributed by atoms with Gasteiger partial charge in [0.25, 0.3) is 0 Å². The van der Waals surface area contributed by atoms with Gasteiger partial charge in [-0.3, -0.25) is 9.69 Å². The van der Waals surface area contributed by atoms with Crippen LogP contribution in [-0.4, -0.2) is 37.5 Å². The highest BCUT2D eigenvalue weighted by atomic mass is 35.5. The molecule has 0 spiro atoms. The molecular weight excluding hydrogens is 286 g/mol. The van der Waals surface area contributed by atoms with Crippen LogP contribution in [-0.2, 0) is 11.2 Å². The quantitative estimate of drug-likeness (QED) is 0.813. The Labute approximate surface area is 134 Å². The van der Waals surface area contributed by atoms with Crippen LogP contribution in [0, 0.1) is 5.41 Å². The molecule has 0 atom stereocenters. The number of amides is 1. The lowest BCUT2D eigenvalue weighted by molar-refractivity contribution is -0.117. The van der Waals surface area contributed by atoms with Gasteiger partial charge in [-0.25, -0.2) is 0 Å². The molecule has 0 saturated heterocycles. The van der Waals surface area contributed by atoms with Crippen molar-refractivity contribution in [1.82, 2.24) is 4.90 Å². The number of likely N-dealkylation sites (N-methyl/N-ethyl adjacent to an activating group) is 1. The average molecular weight is 314 g/mol. The van der Waals surface area contributed by atoms with Gasteiger partial charge in [0, 0.05) is 12.2 Å². The number of carbonyl (C=O) groups excluding carboxylic acids is 1. The van der Waals surface area contributed by atoms with Crippen LogP contribution in [0.15, 0.2) is 24.3 Å². The number of hydrogen-bond donors (Lipinski definition) is 2. The summed E-state index contributed by atoms with van der Waals surface area (Å²) in [7, 11) is 1.94. The molecule has 1 amide bonds. The summed E-state index contributed by atoms with van der Waals surface area (Å²) in [4.78, 5) is 14.0. The summed E-state index contributed by atoms with van der Waals surface area (Å²) in [5.74, 6) is 0.00423. The van der Waals surface area contributed by atoms with E-state index in [1.54, 1.807) is 0 Å². The molecule has 0 aromatic heterocycles. The number of rotatable bonds is 7. The number of benzene rings is 1. The van der Waals surface area contributed by atoms with Crippen LogP contribution in [0.25, 0.3) is 0 Å². The van der Waals surface area contributed by atoms with E-state index in [0.717, 1.165) is 18.7 Å². The summed E-state index contributed by atoms with van der Waals surface area (Å²) in [5, 5.41) is 2.92. The van der Waals surface area contributed by atoms with Crippen LogP contribution in [0.2, 0.25) is 0 Å². The predicted octanol–water partition coefficient (Wildman–Crippen LogP) is 2.53. The predicted molar refractivity (Wildman–Crippen MR) is 92.0 cm³/mol. The summed E-state index contributed by atoms with van der Waals surface area (Å²) in [6.07, 6.45) is 1.01. The van der Waals surface area contributed by atoms with Crippen LogP contribution in [0.5, 0.6) is 0 Å². The molecule has 0 bridgehead atoms. The molecule has 0 radical (unpaired) electrons. The van der Waals surface area contributed by atoms with Gasteiger partial charge in [-0.1, -0.05) is 32.9 Å². The Hall–Kier alpha value is -1.10. The van der Waals surface area contributed by atoms with Gasteiger partial charge in [0.15, 0.2) is 0 Å². The third-order valence-electron chi connectivity index (χ3n) is 3.31. The zero-order chi connectivity index (χ0) is 15.2. The van der Waals surface area contributed by atoms with Crippen molar-refractivity contribution in [3.8, 4) is 0 Å². The second-order valence-electron chi connectivity index (χ2n) is 6.14. The molecule has 0 aliphatic heterocycles. The standard InChI is InChI=1S/C16H27N3O.ClH/c1-5-13-6-8-14(9-7-13)18-15(20)10-19(4)12-16(2,3)11-17;/h6-9H,5,10-12,17H2,1-4H3,(H,18,20);1H. The SMILES string of the molecule is CCc1ccc(NC(=O)CN(C)CC(C)(C)CN)cc1.Cl. The number of hydrogen-bond acceptors (Lipinski definition) is 3. The molecular formula is C16H28ClN3O. The minimum absolute atomic E-state index is 0. The first-order chi connectivity index (χ1) is 9.36. The van der Waals surface area contributed by atoms with Crippen molar-refractivity contribution in [1.29, 1.82) is 0 Å². The van der Waals surface area contributed by atoms with Crippen molar-refractivity contribution in [2.45, 2.75) is 27.2 Å². The summed E-state index contributed by atoms with van der Waals surface area (Å²) < 4.78 is 0. The summed E-state index contributed by atoms with van der Waals surface area (Å²) >= 11 is 0. The van der Waals surface area contributed by atoms with E-state index in [1.165, 1.54) is 5.56 Å². The Bertz CT molecular complexity index is 432. The van der Waals surface area contributed by atoms with Crippen molar-refractivity contribution >= 4 is 24.0 Å². The fourth-order valence-electron chi connectivity index (χ4n) is 2.12. The minimum atomic E-state index is 0. The van der Waals surface area contributed by atoms with Gasteiger partial charge < -0.3 is 11.1 Å². The van der Waals surface area contributed by atoms with Gasteiger partial charge in [-0.05, 0) is 43.1 Å². The maximum Gasteiger partial charge on any atom is 0.238 e. The average Bonchev–Trinajstić information content (AvgIpc) is 2.38. The van der Waals surface area contributed by atoms with Gasteiger partial charge >= 0.3 is 0 Å². The molecule has 4 nitrogen and oxygen atoms in total. The number of nitrogens with one attached hydrogen (secondary N) is 1. The number of nitrogens with zero attached hydrogens (tertiary/aromatic N) is 1. The maximum absolute atomic E-state index is 12.0. The van der Waals surface area contributed by atoms with E-state index in [1.807, 2.05) is 36.2 Å². The van der Waals surface area contributed by atoms with Gasteiger partial charge in [-0.15, -0.1) is 12.4 Å². The molecule has 0 aliphatic rings. The molecule has 0 heterocycles. The summed E-state index contributed by atoms with van der Waals surface area (Å²) in [6.45, 7) is 8.10. The van der Waals surface area contributed by atoms with Crippen molar-refractivity contribution in [3.63, 3.8) is 0 Å². The van der Waals surface area contributed by atoms with Crippen LogP contribution in [0.3, 0.4) is 0 Å². The minimum Gasteiger partial charge on any atom is -0.330 e. The van der Waals surface area contributed by atoms with Crippen LogP contribution in [0.1, 0.15) is 26.3 Å². The molecule has 1 aromatic carbocycles. The zero-order valence-electron chi connectivity index (χ0n) is 13.5. The summed E-state index contributed by atoms with van der Waals surface area (Å²) in [6, 6.07) is 7.97. The molecule has 0 fully saturated rings. The molecule has 0 unspecified atom stereocenters. The fourth-order valence-corrected chi connectivity index (χ4v) is 2.12. The van der Waals surface area contributed by atoms with Crippen LogP contribution >= 0.6 is 12.4 Å². The van der Waals surface area contributed by atoms with Crippen LogP contribution in [0.4, 0.5) is 5.69 Å². The molecule has 5 heteroatoms. The van der Waals surface area contributed by atoms with Gasteiger partial charge in [0.05, 0.1) is 6.54 Å². The van der Waals surface area contributed by atoms with Gasteiger partial charge in [0.2, 0.25) is 5.91 Å². The van der Waals surface area contributed by atoms with Crippen molar-refractivity contribution in [2.75, 3.05) is 32.0 Å². The Balaban J connectivity index is 0.00000400. The van der Waals surface area contributed by atoms with E-state index >= 15 is 0 Å². The van der Waals surface area contributed by atoms with Gasteiger partial charge in [0.1, 0.15) is 0 Å². The van der Waals surface area contributed by atoms with Crippen molar-refractivity contribution in [3.05, 3.63) is 29.8 Å². The van der Waals surface area contributed by atoms with Crippen molar-refractivity contribution in [2.24, 2.45) is 11.1 Å². The van der Waals surface area contributed by atoms with E-state index in [-0.39, 0.29) is 23.7 Å². The second kappa shape index (κ2) is 9.03. The maximum atomic E-state index is 12.0. The third kappa shape index (κ3) is 7.46. The number of nitrogens with two attached hydrogens (primary N) is 1. The van der Waals surface area contributed by atoms with Crippen LogP contribution < -0.4 is 11.1 Å². The van der Waals surface area contributed by atoms with Crippen molar-refractivity contribution < 1.29 is 4.79 Å². The van der Waals surface area contributed by atoms with E-state index in [9.17, 15) is 4.79 Å². The second-order valence-corrected chi connectivity index (χ2v) is 6.14. The lowest BCUT2D eigenvalue weighted by Gasteiger charge is -2.28. The Morgan fingerprint density at radius 2 is 1.86 bits per heavy atom. The molecule has 21 heavy (non-hydrogen) atoms. The Morgan fingerprint density at radius 1 is 1.29 bits per heavy atom. The fraction of sp³-hybridized carbons (Fsp3) is 0.562. The molecule has 0 saturated carbocycles.